The van der Waals surface area contributed by atoms with Gasteiger partial charge in [0.15, 0.2) is 0 Å². The topological polar surface area (TPSA) is 47.0 Å². The van der Waals surface area contributed by atoms with Gasteiger partial charge in [0, 0.05) is 23.5 Å². The molecule has 1 aromatic rings. The Labute approximate surface area is 95.4 Å². The van der Waals surface area contributed by atoms with Crippen molar-refractivity contribution in [3.63, 3.8) is 0 Å². The summed E-state index contributed by atoms with van der Waals surface area (Å²) >= 11 is 0. The van der Waals surface area contributed by atoms with E-state index in [0.717, 1.165) is 0 Å². The van der Waals surface area contributed by atoms with Crippen LogP contribution in [-0.4, -0.2) is 28.9 Å². The van der Waals surface area contributed by atoms with E-state index in [4.69, 9.17) is 0 Å². The van der Waals surface area contributed by atoms with E-state index in [-0.39, 0.29) is 6.07 Å². The molecule has 1 aromatic heterocycles. The van der Waals surface area contributed by atoms with E-state index in [1.165, 1.54) is 0 Å². The molecule has 0 unspecified atom stereocenters. The SMILES string of the molecule is O=C(c1cncc(C(=O)C(F)(F)F)c1)C(F)(F)F. The van der Waals surface area contributed by atoms with E-state index in [1.807, 2.05) is 0 Å². The molecule has 0 saturated heterocycles. The summed E-state index contributed by atoms with van der Waals surface area (Å²) in [6, 6.07) is 0.207. The molecule has 0 fully saturated rings. The van der Waals surface area contributed by atoms with E-state index in [1.54, 1.807) is 0 Å². The molecule has 1 rings (SSSR count). The third kappa shape index (κ3) is 3.05. The van der Waals surface area contributed by atoms with Gasteiger partial charge in [-0.25, -0.2) is 0 Å². The molecule has 0 amide bonds. The number of ketones is 2. The lowest BCUT2D eigenvalue weighted by atomic mass is 10.1. The zero-order valence-electron chi connectivity index (χ0n) is 8.26. The number of carbonyl (C=O) groups is 2. The van der Waals surface area contributed by atoms with Crippen LogP contribution < -0.4 is 0 Å². The molecule has 0 aliphatic rings. The van der Waals surface area contributed by atoms with Crippen LogP contribution in [0.3, 0.4) is 0 Å². The number of Topliss-reactive ketones (excluding diaryl/α,β-unsaturated/α-hetero) is 2. The van der Waals surface area contributed by atoms with Crippen molar-refractivity contribution < 1.29 is 35.9 Å². The normalized spacial score (nSPS) is 12.3. The Bertz CT molecular complexity index is 449. The summed E-state index contributed by atoms with van der Waals surface area (Å²) in [5, 5.41) is 0. The second kappa shape index (κ2) is 4.39. The number of aromatic nitrogens is 1. The third-order valence-electron chi connectivity index (χ3n) is 1.78. The van der Waals surface area contributed by atoms with Crippen LogP contribution in [0, 0.1) is 0 Å². The van der Waals surface area contributed by atoms with E-state index < -0.39 is 35.0 Å². The lowest BCUT2D eigenvalue weighted by molar-refractivity contribution is -0.0888. The van der Waals surface area contributed by atoms with Gasteiger partial charge in [-0.15, -0.1) is 0 Å². The smallest absolute Gasteiger partial charge is 0.284 e. The molecule has 0 aliphatic carbocycles. The summed E-state index contributed by atoms with van der Waals surface area (Å²) in [4.78, 5) is 24.5. The minimum Gasteiger partial charge on any atom is -0.284 e. The standard InChI is InChI=1S/C9H3F6NO2/c10-8(11,12)6(17)4-1-5(3-16-2-4)7(18)9(13,14)15/h1-3H. The molecule has 0 aromatic carbocycles. The number of hydrogen-bond donors (Lipinski definition) is 0. The van der Waals surface area contributed by atoms with Crippen molar-refractivity contribution in [2.75, 3.05) is 0 Å². The molecule has 18 heavy (non-hydrogen) atoms. The minimum absolute atomic E-state index is 0.207. The highest BCUT2D eigenvalue weighted by Crippen LogP contribution is 2.24. The third-order valence-corrected chi connectivity index (χ3v) is 1.78. The highest BCUT2D eigenvalue weighted by atomic mass is 19.4. The molecule has 0 atom stereocenters. The average Bonchev–Trinajstić information content (AvgIpc) is 2.24. The fourth-order valence-electron chi connectivity index (χ4n) is 1.02. The van der Waals surface area contributed by atoms with Gasteiger partial charge < -0.3 is 0 Å². The maximum Gasteiger partial charge on any atom is 0.454 e. The Balaban J connectivity index is 3.16. The summed E-state index contributed by atoms with van der Waals surface area (Å²) in [6.45, 7) is 0. The molecule has 0 N–H and O–H groups in total. The van der Waals surface area contributed by atoms with Crippen LogP contribution in [0.15, 0.2) is 18.5 Å². The minimum atomic E-state index is -5.25. The van der Waals surface area contributed by atoms with Gasteiger partial charge in [0.25, 0.3) is 11.6 Å². The van der Waals surface area contributed by atoms with Gasteiger partial charge in [0.2, 0.25) is 0 Å². The van der Waals surface area contributed by atoms with Gasteiger partial charge in [-0.3, -0.25) is 14.6 Å². The number of alkyl halides is 6. The highest BCUT2D eigenvalue weighted by Gasteiger charge is 2.42. The first-order valence-electron chi connectivity index (χ1n) is 4.21. The molecule has 0 bridgehead atoms. The summed E-state index contributed by atoms with van der Waals surface area (Å²) in [6.07, 6.45) is -9.63. The van der Waals surface area contributed by atoms with Gasteiger partial charge >= 0.3 is 12.4 Å². The first-order valence-corrected chi connectivity index (χ1v) is 4.21. The Hall–Kier alpha value is -1.93. The number of pyridine rings is 1. The lowest BCUT2D eigenvalue weighted by Crippen LogP contribution is -2.25. The zero-order chi connectivity index (χ0) is 14.1. The van der Waals surface area contributed by atoms with Crippen molar-refractivity contribution in [3.8, 4) is 0 Å². The molecular formula is C9H3F6NO2. The summed E-state index contributed by atoms with van der Waals surface area (Å²) < 4.78 is 72.1. The van der Waals surface area contributed by atoms with Crippen LogP contribution in [0.2, 0.25) is 0 Å². The second-order valence-corrected chi connectivity index (χ2v) is 3.12. The van der Waals surface area contributed by atoms with Crippen molar-refractivity contribution in [2.45, 2.75) is 12.4 Å². The molecule has 0 aliphatic heterocycles. The maximum absolute atomic E-state index is 12.0. The number of halogens is 6. The van der Waals surface area contributed by atoms with Crippen molar-refractivity contribution in [1.82, 2.24) is 4.98 Å². The van der Waals surface area contributed by atoms with Crippen LogP contribution in [0.5, 0.6) is 0 Å². The van der Waals surface area contributed by atoms with E-state index in [2.05, 4.69) is 4.98 Å². The van der Waals surface area contributed by atoms with Gasteiger partial charge in [-0.2, -0.15) is 26.3 Å². The van der Waals surface area contributed by atoms with Crippen LogP contribution in [-0.2, 0) is 0 Å². The van der Waals surface area contributed by atoms with Crippen LogP contribution in [0.25, 0.3) is 0 Å². The lowest BCUT2D eigenvalue weighted by Gasteiger charge is -2.07. The Morgan fingerprint density at radius 1 is 0.833 bits per heavy atom. The number of rotatable bonds is 2. The van der Waals surface area contributed by atoms with Gasteiger partial charge in [0.1, 0.15) is 0 Å². The Morgan fingerprint density at radius 3 is 1.44 bits per heavy atom. The summed E-state index contributed by atoms with van der Waals surface area (Å²) in [5.41, 5.74) is -2.25. The largest absolute Gasteiger partial charge is 0.454 e. The molecule has 9 heteroatoms. The quantitative estimate of drug-likeness (QED) is 0.613. The first-order chi connectivity index (χ1) is 8.03. The summed E-state index contributed by atoms with van der Waals surface area (Å²) in [7, 11) is 0. The molecular weight excluding hydrogens is 268 g/mol. The van der Waals surface area contributed by atoms with E-state index in [0.29, 0.717) is 12.4 Å². The molecule has 3 nitrogen and oxygen atoms in total. The Kier molecular flexibility index (Phi) is 3.45. The number of hydrogen-bond acceptors (Lipinski definition) is 3. The second-order valence-electron chi connectivity index (χ2n) is 3.12. The molecule has 1 heterocycles. The van der Waals surface area contributed by atoms with Gasteiger partial charge in [0.05, 0.1) is 0 Å². The van der Waals surface area contributed by atoms with Crippen molar-refractivity contribution in [2.24, 2.45) is 0 Å². The summed E-state index contributed by atoms with van der Waals surface area (Å²) in [5.74, 6) is -4.74. The van der Waals surface area contributed by atoms with E-state index in [9.17, 15) is 35.9 Å². The molecule has 98 valence electrons. The van der Waals surface area contributed by atoms with Crippen LogP contribution >= 0.6 is 0 Å². The van der Waals surface area contributed by atoms with Gasteiger partial charge in [-0.1, -0.05) is 0 Å². The predicted molar refractivity (Wildman–Crippen MR) is 45.0 cm³/mol. The molecule has 0 saturated carbocycles. The molecule has 0 spiro atoms. The highest BCUT2D eigenvalue weighted by molar-refractivity contribution is 6.04. The monoisotopic (exact) mass is 271 g/mol. The van der Waals surface area contributed by atoms with Crippen molar-refractivity contribution in [3.05, 3.63) is 29.6 Å². The number of carbonyl (C=O) groups excluding carboxylic acids is 2. The van der Waals surface area contributed by atoms with Crippen molar-refractivity contribution in [1.29, 1.82) is 0 Å². The molecule has 0 radical (unpaired) electrons. The van der Waals surface area contributed by atoms with Gasteiger partial charge in [-0.05, 0) is 6.07 Å². The number of nitrogens with zero attached hydrogens (tertiary/aromatic N) is 1. The van der Waals surface area contributed by atoms with Crippen molar-refractivity contribution >= 4 is 11.6 Å². The van der Waals surface area contributed by atoms with E-state index >= 15 is 0 Å². The van der Waals surface area contributed by atoms with Crippen LogP contribution in [0.1, 0.15) is 20.7 Å². The van der Waals surface area contributed by atoms with Crippen LogP contribution in [0.4, 0.5) is 26.3 Å². The fraction of sp³-hybridized carbons (Fsp3) is 0.222. The maximum atomic E-state index is 12.0. The average molecular weight is 271 g/mol. The fourth-order valence-corrected chi connectivity index (χ4v) is 1.02. The zero-order valence-corrected chi connectivity index (χ0v) is 8.26. The predicted octanol–water partition coefficient (Wildman–Crippen LogP) is 2.57. The Morgan fingerprint density at radius 2 is 1.17 bits per heavy atom. The first kappa shape index (κ1) is 14.1.